The zero-order valence-corrected chi connectivity index (χ0v) is 12.7. The second kappa shape index (κ2) is 6.33. The molecular formula is C18H13F2NO3. The summed E-state index contributed by atoms with van der Waals surface area (Å²) in [6, 6.07) is 8.10. The van der Waals surface area contributed by atoms with E-state index in [9.17, 15) is 18.7 Å². The summed E-state index contributed by atoms with van der Waals surface area (Å²) in [5.41, 5.74) is 0.486. The lowest BCUT2D eigenvalue weighted by molar-refractivity contribution is 0.0601. The van der Waals surface area contributed by atoms with Crippen LogP contribution in [0.3, 0.4) is 0 Å². The number of aromatic nitrogens is 1. The van der Waals surface area contributed by atoms with Gasteiger partial charge in [0.15, 0.2) is 0 Å². The number of pyridine rings is 1. The van der Waals surface area contributed by atoms with Crippen molar-refractivity contribution < 1.29 is 23.4 Å². The van der Waals surface area contributed by atoms with Crippen LogP contribution in [0.15, 0.2) is 42.6 Å². The van der Waals surface area contributed by atoms with Gasteiger partial charge in [-0.25, -0.2) is 13.6 Å². The van der Waals surface area contributed by atoms with Gasteiger partial charge in [-0.2, -0.15) is 0 Å². The highest BCUT2D eigenvalue weighted by atomic mass is 19.1. The van der Waals surface area contributed by atoms with Crippen LogP contribution >= 0.6 is 0 Å². The smallest absolute Gasteiger partial charge is 0.337 e. The van der Waals surface area contributed by atoms with Gasteiger partial charge in [-0.3, -0.25) is 4.98 Å². The fourth-order valence-corrected chi connectivity index (χ4v) is 2.60. The fraction of sp³-hybridized carbons (Fsp3) is 0.111. The summed E-state index contributed by atoms with van der Waals surface area (Å²) >= 11 is 0. The van der Waals surface area contributed by atoms with E-state index in [0.717, 1.165) is 12.1 Å². The van der Waals surface area contributed by atoms with Crippen molar-refractivity contribution in [3.8, 4) is 11.3 Å². The molecule has 0 amide bonds. The first-order valence-corrected chi connectivity index (χ1v) is 7.12. The van der Waals surface area contributed by atoms with E-state index in [2.05, 4.69) is 9.72 Å². The molecule has 0 fully saturated rings. The van der Waals surface area contributed by atoms with Crippen LogP contribution in [0.4, 0.5) is 8.78 Å². The third-order valence-electron chi connectivity index (χ3n) is 3.76. The van der Waals surface area contributed by atoms with Gasteiger partial charge in [-0.15, -0.1) is 0 Å². The number of hydrogen-bond donors (Lipinski definition) is 1. The standard InChI is InChI=1S/C18H13F2NO3/c1-24-18(23)10-5-6-12-11(9-22)8-21-17(13(12)7-10)16-14(19)3-2-4-15(16)20/h2-8,22H,9H2,1H3. The maximum Gasteiger partial charge on any atom is 0.337 e. The number of esters is 1. The Balaban J connectivity index is 2.37. The number of carbonyl (C=O) groups is 1. The van der Waals surface area contributed by atoms with Crippen LogP contribution in [0.1, 0.15) is 15.9 Å². The number of nitrogens with zero attached hydrogens (tertiary/aromatic N) is 1. The van der Waals surface area contributed by atoms with Crippen LogP contribution in [-0.4, -0.2) is 23.2 Å². The first kappa shape index (κ1) is 16.0. The third-order valence-corrected chi connectivity index (χ3v) is 3.76. The first-order chi connectivity index (χ1) is 11.6. The maximum atomic E-state index is 14.2. The second-order valence-electron chi connectivity index (χ2n) is 5.14. The van der Waals surface area contributed by atoms with Gasteiger partial charge in [0.2, 0.25) is 0 Å². The number of carbonyl (C=O) groups excluding carboxylic acids is 1. The van der Waals surface area contributed by atoms with Gasteiger partial charge in [-0.1, -0.05) is 12.1 Å². The van der Waals surface area contributed by atoms with Crippen LogP contribution < -0.4 is 0 Å². The monoisotopic (exact) mass is 329 g/mol. The van der Waals surface area contributed by atoms with Crippen molar-refractivity contribution in [1.29, 1.82) is 0 Å². The zero-order chi connectivity index (χ0) is 17.3. The van der Waals surface area contributed by atoms with E-state index >= 15 is 0 Å². The lowest BCUT2D eigenvalue weighted by Gasteiger charge is -2.12. The summed E-state index contributed by atoms with van der Waals surface area (Å²) in [7, 11) is 1.24. The van der Waals surface area contributed by atoms with Gasteiger partial charge < -0.3 is 9.84 Å². The molecule has 3 aromatic rings. The highest BCUT2D eigenvalue weighted by Crippen LogP contribution is 2.33. The lowest BCUT2D eigenvalue weighted by atomic mass is 9.98. The molecule has 0 aliphatic rings. The van der Waals surface area contributed by atoms with Crippen molar-refractivity contribution in [2.45, 2.75) is 6.61 Å². The minimum atomic E-state index is -0.760. The Hall–Kier alpha value is -2.86. The van der Waals surface area contributed by atoms with Crippen molar-refractivity contribution in [2.24, 2.45) is 0 Å². The van der Waals surface area contributed by atoms with Crippen molar-refractivity contribution in [2.75, 3.05) is 7.11 Å². The van der Waals surface area contributed by atoms with Crippen LogP contribution in [0.25, 0.3) is 22.0 Å². The SMILES string of the molecule is COC(=O)c1ccc2c(CO)cnc(-c3c(F)cccc3F)c2c1. The number of halogens is 2. The molecule has 6 heteroatoms. The summed E-state index contributed by atoms with van der Waals surface area (Å²) in [5.74, 6) is -2.10. The molecule has 3 rings (SSSR count). The molecule has 0 saturated heterocycles. The van der Waals surface area contributed by atoms with E-state index in [0.29, 0.717) is 16.3 Å². The summed E-state index contributed by atoms with van der Waals surface area (Å²) in [4.78, 5) is 15.9. The van der Waals surface area contributed by atoms with E-state index in [-0.39, 0.29) is 23.4 Å². The summed E-state index contributed by atoms with van der Waals surface area (Å²) < 4.78 is 33.0. The predicted octanol–water partition coefficient (Wildman–Crippen LogP) is 3.46. The topological polar surface area (TPSA) is 59.4 Å². The average molecular weight is 329 g/mol. The number of benzene rings is 2. The number of hydrogen-bond acceptors (Lipinski definition) is 4. The van der Waals surface area contributed by atoms with Gasteiger partial charge in [0.05, 0.1) is 30.5 Å². The Kier molecular flexibility index (Phi) is 4.22. The van der Waals surface area contributed by atoms with Gasteiger partial charge in [0.25, 0.3) is 0 Å². The Morgan fingerprint density at radius 1 is 1.17 bits per heavy atom. The van der Waals surface area contributed by atoms with Crippen LogP contribution in [0, 0.1) is 11.6 Å². The van der Waals surface area contributed by atoms with E-state index < -0.39 is 17.6 Å². The Labute approximate surface area is 136 Å². The van der Waals surface area contributed by atoms with Crippen LogP contribution in [-0.2, 0) is 11.3 Å². The molecule has 0 spiro atoms. The Bertz CT molecular complexity index is 921. The molecule has 2 aromatic carbocycles. The summed E-state index contributed by atoms with van der Waals surface area (Å²) in [6.07, 6.45) is 1.36. The highest BCUT2D eigenvalue weighted by molar-refractivity contribution is 6.01. The first-order valence-electron chi connectivity index (χ1n) is 7.12. The average Bonchev–Trinajstić information content (AvgIpc) is 2.60. The number of fused-ring (bicyclic) bond motifs is 1. The normalized spacial score (nSPS) is 10.8. The van der Waals surface area contributed by atoms with Gasteiger partial charge in [0, 0.05) is 17.1 Å². The quantitative estimate of drug-likeness (QED) is 0.748. The predicted molar refractivity (Wildman–Crippen MR) is 84.4 cm³/mol. The largest absolute Gasteiger partial charge is 0.465 e. The third kappa shape index (κ3) is 2.61. The second-order valence-corrected chi connectivity index (χ2v) is 5.14. The lowest BCUT2D eigenvalue weighted by Crippen LogP contribution is -2.02. The van der Waals surface area contributed by atoms with E-state index in [1.165, 1.54) is 31.5 Å². The maximum absolute atomic E-state index is 14.2. The minimum absolute atomic E-state index is 0.0588. The van der Waals surface area contributed by atoms with Crippen molar-refractivity contribution in [3.63, 3.8) is 0 Å². The molecule has 4 nitrogen and oxygen atoms in total. The number of rotatable bonds is 3. The molecule has 1 aromatic heterocycles. The fourth-order valence-electron chi connectivity index (χ4n) is 2.60. The molecule has 0 radical (unpaired) electrons. The van der Waals surface area contributed by atoms with E-state index in [1.807, 2.05) is 0 Å². The van der Waals surface area contributed by atoms with E-state index in [1.54, 1.807) is 6.07 Å². The Morgan fingerprint density at radius 3 is 2.50 bits per heavy atom. The molecule has 24 heavy (non-hydrogen) atoms. The summed E-state index contributed by atoms with van der Waals surface area (Å²) in [5, 5.41) is 10.4. The van der Waals surface area contributed by atoms with Crippen molar-refractivity contribution in [3.05, 3.63) is 65.4 Å². The van der Waals surface area contributed by atoms with Gasteiger partial charge >= 0.3 is 5.97 Å². The molecular weight excluding hydrogens is 316 g/mol. The molecule has 0 atom stereocenters. The molecule has 0 unspecified atom stereocenters. The van der Waals surface area contributed by atoms with Crippen molar-refractivity contribution in [1.82, 2.24) is 4.98 Å². The zero-order valence-electron chi connectivity index (χ0n) is 12.7. The van der Waals surface area contributed by atoms with Crippen molar-refractivity contribution >= 4 is 16.7 Å². The number of aliphatic hydroxyl groups excluding tert-OH is 1. The van der Waals surface area contributed by atoms with E-state index in [4.69, 9.17) is 0 Å². The molecule has 0 aliphatic heterocycles. The molecule has 122 valence electrons. The molecule has 0 saturated carbocycles. The van der Waals surface area contributed by atoms with Crippen LogP contribution in [0.5, 0.6) is 0 Å². The number of ether oxygens (including phenoxy) is 1. The molecule has 1 N–H and O–H groups in total. The number of methoxy groups -OCH3 is 1. The van der Waals surface area contributed by atoms with Crippen LogP contribution in [0.2, 0.25) is 0 Å². The molecule has 1 heterocycles. The number of aliphatic hydroxyl groups is 1. The highest BCUT2D eigenvalue weighted by Gasteiger charge is 2.18. The van der Waals surface area contributed by atoms with Gasteiger partial charge in [0.1, 0.15) is 11.6 Å². The molecule has 0 bridgehead atoms. The van der Waals surface area contributed by atoms with Gasteiger partial charge in [-0.05, 0) is 29.7 Å². The molecule has 0 aliphatic carbocycles. The summed E-state index contributed by atoms with van der Waals surface area (Å²) in [6.45, 7) is -0.291. The Morgan fingerprint density at radius 2 is 1.88 bits per heavy atom. The minimum Gasteiger partial charge on any atom is -0.465 e.